The minimum absolute atomic E-state index is 0.404. The van der Waals surface area contributed by atoms with E-state index in [0.29, 0.717) is 12.6 Å². The van der Waals surface area contributed by atoms with E-state index in [0.717, 1.165) is 23.4 Å². The molecule has 1 aliphatic rings. The highest BCUT2D eigenvalue weighted by Crippen LogP contribution is 2.25. The van der Waals surface area contributed by atoms with E-state index in [1.165, 1.54) is 11.1 Å². The monoisotopic (exact) mass is 293 g/mol. The predicted molar refractivity (Wildman–Crippen MR) is 79.9 cm³/mol. The minimum Gasteiger partial charge on any atom is -0.387 e. The number of rotatable bonds is 4. The maximum atomic E-state index is 10.1. The van der Waals surface area contributed by atoms with E-state index in [1.54, 1.807) is 11.3 Å². The van der Waals surface area contributed by atoms with Gasteiger partial charge in [0.25, 0.3) is 0 Å². The molecule has 1 aliphatic carbocycles. The maximum absolute atomic E-state index is 10.1. The molecular formula is C15H16ClNOS. The third-order valence-corrected chi connectivity index (χ3v) is 4.57. The smallest absolute Gasteiger partial charge is 0.0922 e. The molecule has 0 bridgehead atoms. The second-order valence-corrected chi connectivity index (χ2v) is 6.22. The number of thiophene rings is 1. The van der Waals surface area contributed by atoms with Crippen molar-refractivity contribution in [2.75, 3.05) is 6.54 Å². The molecule has 0 fully saturated rings. The summed E-state index contributed by atoms with van der Waals surface area (Å²) in [6.07, 6.45) is 1.59. The predicted octanol–water partition coefficient (Wildman–Crippen LogP) is 3.19. The van der Waals surface area contributed by atoms with Gasteiger partial charge in [-0.1, -0.05) is 17.7 Å². The molecule has 1 aromatic carbocycles. The highest BCUT2D eigenvalue weighted by atomic mass is 35.5. The van der Waals surface area contributed by atoms with Crippen LogP contribution < -0.4 is 5.32 Å². The number of aliphatic hydroxyl groups is 1. The molecule has 2 unspecified atom stereocenters. The van der Waals surface area contributed by atoms with Gasteiger partial charge in [-0.2, -0.15) is 11.3 Å². The lowest BCUT2D eigenvalue weighted by molar-refractivity contribution is 0.170. The summed E-state index contributed by atoms with van der Waals surface area (Å²) in [4.78, 5) is 0. The average Bonchev–Trinajstić information content (AvgIpc) is 3.04. The van der Waals surface area contributed by atoms with Crippen LogP contribution in [0.15, 0.2) is 35.0 Å². The topological polar surface area (TPSA) is 32.3 Å². The Hall–Kier alpha value is -0.870. The van der Waals surface area contributed by atoms with E-state index in [1.807, 2.05) is 29.0 Å². The zero-order chi connectivity index (χ0) is 13.2. The Labute approximate surface area is 122 Å². The van der Waals surface area contributed by atoms with Crippen LogP contribution in [0.25, 0.3) is 0 Å². The van der Waals surface area contributed by atoms with Gasteiger partial charge < -0.3 is 10.4 Å². The summed E-state index contributed by atoms with van der Waals surface area (Å²) in [7, 11) is 0. The summed E-state index contributed by atoms with van der Waals surface area (Å²) < 4.78 is 0. The van der Waals surface area contributed by atoms with Crippen molar-refractivity contribution in [3.63, 3.8) is 0 Å². The lowest BCUT2D eigenvalue weighted by Crippen LogP contribution is -2.33. The maximum Gasteiger partial charge on any atom is 0.0922 e. The number of nitrogens with one attached hydrogen (secondary N) is 1. The molecular weight excluding hydrogens is 278 g/mol. The standard InChI is InChI=1S/C15H16ClNOS/c16-13-2-1-10-6-14(7-12(10)5-13)17-8-15(18)11-3-4-19-9-11/h1-5,9,14-15,17-18H,6-8H2. The molecule has 2 aromatic rings. The van der Waals surface area contributed by atoms with Gasteiger partial charge in [0.05, 0.1) is 6.10 Å². The Morgan fingerprint density at radius 3 is 2.95 bits per heavy atom. The number of fused-ring (bicyclic) bond motifs is 1. The summed E-state index contributed by atoms with van der Waals surface area (Å²) in [5.74, 6) is 0. The van der Waals surface area contributed by atoms with E-state index in [4.69, 9.17) is 11.6 Å². The molecule has 0 saturated carbocycles. The van der Waals surface area contributed by atoms with E-state index in [-0.39, 0.29) is 0 Å². The molecule has 2 N–H and O–H groups in total. The Kier molecular flexibility index (Phi) is 3.89. The number of hydrogen-bond donors (Lipinski definition) is 2. The number of benzene rings is 1. The summed E-state index contributed by atoms with van der Waals surface area (Å²) in [6, 6.07) is 8.48. The molecule has 0 radical (unpaired) electrons. The summed E-state index contributed by atoms with van der Waals surface area (Å²) in [6.45, 7) is 0.600. The van der Waals surface area contributed by atoms with Crippen molar-refractivity contribution in [2.24, 2.45) is 0 Å². The quantitative estimate of drug-likeness (QED) is 0.907. The van der Waals surface area contributed by atoms with Crippen LogP contribution in [-0.2, 0) is 12.8 Å². The Balaban J connectivity index is 1.56. The highest BCUT2D eigenvalue weighted by Gasteiger charge is 2.22. The zero-order valence-corrected chi connectivity index (χ0v) is 12.0. The number of hydrogen-bond acceptors (Lipinski definition) is 3. The Morgan fingerprint density at radius 2 is 2.16 bits per heavy atom. The largest absolute Gasteiger partial charge is 0.387 e. The van der Waals surface area contributed by atoms with Crippen molar-refractivity contribution in [1.29, 1.82) is 0 Å². The average molecular weight is 294 g/mol. The molecule has 0 spiro atoms. The lowest BCUT2D eigenvalue weighted by atomic mass is 10.1. The third kappa shape index (κ3) is 3.00. The number of halogens is 1. The minimum atomic E-state index is -0.418. The van der Waals surface area contributed by atoms with E-state index in [2.05, 4.69) is 11.4 Å². The number of aliphatic hydroxyl groups excluding tert-OH is 1. The molecule has 0 aliphatic heterocycles. The van der Waals surface area contributed by atoms with Crippen LogP contribution in [0.1, 0.15) is 22.8 Å². The van der Waals surface area contributed by atoms with E-state index in [9.17, 15) is 5.11 Å². The first-order chi connectivity index (χ1) is 9.22. The van der Waals surface area contributed by atoms with Crippen molar-refractivity contribution in [3.8, 4) is 0 Å². The van der Waals surface area contributed by atoms with Crippen molar-refractivity contribution in [3.05, 3.63) is 56.7 Å². The normalized spacial score (nSPS) is 19.4. The first-order valence-electron chi connectivity index (χ1n) is 6.43. The summed E-state index contributed by atoms with van der Waals surface area (Å²) in [5.41, 5.74) is 3.69. The molecule has 4 heteroatoms. The van der Waals surface area contributed by atoms with Crippen LogP contribution in [0.4, 0.5) is 0 Å². The second kappa shape index (κ2) is 5.63. The second-order valence-electron chi connectivity index (χ2n) is 5.00. The van der Waals surface area contributed by atoms with Crippen molar-refractivity contribution in [1.82, 2.24) is 5.32 Å². The molecule has 1 heterocycles. The Morgan fingerprint density at radius 1 is 1.32 bits per heavy atom. The molecule has 1 aromatic heterocycles. The van der Waals surface area contributed by atoms with Crippen LogP contribution in [0.3, 0.4) is 0 Å². The fourth-order valence-corrected chi connectivity index (χ4v) is 3.49. The third-order valence-electron chi connectivity index (χ3n) is 3.63. The van der Waals surface area contributed by atoms with Crippen LogP contribution >= 0.6 is 22.9 Å². The molecule has 19 heavy (non-hydrogen) atoms. The van der Waals surface area contributed by atoms with Crippen molar-refractivity contribution < 1.29 is 5.11 Å². The van der Waals surface area contributed by atoms with Gasteiger partial charge in [-0.3, -0.25) is 0 Å². The fourth-order valence-electron chi connectivity index (χ4n) is 2.59. The van der Waals surface area contributed by atoms with Gasteiger partial charge in [0.2, 0.25) is 0 Å². The van der Waals surface area contributed by atoms with Gasteiger partial charge >= 0.3 is 0 Å². The van der Waals surface area contributed by atoms with Crippen molar-refractivity contribution >= 4 is 22.9 Å². The zero-order valence-electron chi connectivity index (χ0n) is 10.5. The van der Waals surface area contributed by atoms with Crippen LogP contribution in [-0.4, -0.2) is 17.7 Å². The summed E-state index contributed by atoms with van der Waals surface area (Å²) in [5, 5.41) is 18.3. The van der Waals surface area contributed by atoms with Crippen LogP contribution in [0.5, 0.6) is 0 Å². The molecule has 0 amide bonds. The van der Waals surface area contributed by atoms with Gasteiger partial charge in [-0.25, -0.2) is 0 Å². The van der Waals surface area contributed by atoms with Crippen molar-refractivity contribution in [2.45, 2.75) is 25.0 Å². The fraction of sp³-hybridized carbons (Fsp3) is 0.333. The Bertz CT molecular complexity index is 555. The van der Waals surface area contributed by atoms with Gasteiger partial charge in [0.1, 0.15) is 0 Å². The lowest BCUT2D eigenvalue weighted by Gasteiger charge is -2.15. The van der Waals surface area contributed by atoms with Gasteiger partial charge in [0.15, 0.2) is 0 Å². The van der Waals surface area contributed by atoms with Crippen LogP contribution in [0.2, 0.25) is 5.02 Å². The highest BCUT2D eigenvalue weighted by molar-refractivity contribution is 7.07. The molecule has 2 nitrogen and oxygen atoms in total. The van der Waals surface area contributed by atoms with Crippen LogP contribution in [0, 0.1) is 0 Å². The SMILES string of the molecule is OC(CNC1Cc2ccc(Cl)cc2C1)c1ccsc1. The molecule has 2 atom stereocenters. The molecule has 100 valence electrons. The first-order valence-corrected chi connectivity index (χ1v) is 7.75. The molecule has 0 saturated heterocycles. The van der Waals surface area contributed by atoms with Gasteiger partial charge in [-0.15, -0.1) is 0 Å². The van der Waals surface area contributed by atoms with E-state index < -0.39 is 6.10 Å². The van der Waals surface area contributed by atoms with Gasteiger partial charge in [0, 0.05) is 17.6 Å². The van der Waals surface area contributed by atoms with E-state index >= 15 is 0 Å². The summed E-state index contributed by atoms with van der Waals surface area (Å²) >= 11 is 7.62. The van der Waals surface area contributed by atoms with Gasteiger partial charge in [-0.05, 0) is 58.5 Å². The molecule has 3 rings (SSSR count). The first kappa shape index (κ1) is 13.1.